The van der Waals surface area contributed by atoms with Crippen LogP contribution in [0.5, 0.6) is 5.75 Å². The largest absolute Gasteiger partial charge is 0.484 e. The molecule has 2 aromatic rings. The summed E-state index contributed by atoms with van der Waals surface area (Å²) in [5, 5.41) is 13.2. The first kappa shape index (κ1) is 15.0. The Bertz CT molecular complexity index is 683. The van der Waals surface area contributed by atoms with Crippen LogP contribution in [-0.2, 0) is 4.79 Å². The predicted octanol–water partition coefficient (Wildman–Crippen LogP) is 2.91. The molecular weight excluding hydrogens is 297 g/mol. The Labute approximate surface area is 124 Å². The maximum Gasteiger partial charge on any atom is 0.348 e. The van der Waals surface area contributed by atoms with E-state index in [-0.39, 0.29) is 22.9 Å². The van der Waals surface area contributed by atoms with E-state index in [0.29, 0.717) is 5.56 Å². The van der Waals surface area contributed by atoms with Crippen LogP contribution in [0.25, 0.3) is 0 Å². The van der Waals surface area contributed by atoms with Crippen molar-refractivity contribution in [2.75, 3.05) is 11.9 Å². The van der Waals surface area contributed by atoms with Gasteiger partial charge in [0.1, 0.15) is 16.4 Å². The standard InChI is InChI=1S/C14H12FNO4S/c1-8-7-21-13(14(18)19)12(8)16-11(17)6-20-10-4-2-3-9(15)5-10/h2-5,7H,6H2,1H3,(H,16,17)(H,18,19). The lowest BCUT2D eigenvalue weighted by atomic mass is 10.2. The number of benzene rings is 1. The number of aromatic carboxylic acids is 1. The Morgan fingerprint density at radius 2 is 2.19 bits per heavy atom. The zero-order valence-electron chi connectivity index (χ0n) is 11.1. The summed E-state index contributed by atoms with van der Waals surface area (Å²) in [6.45, 7) is 1.36. The van der Waals surface area contributed by atoms with Crippen LogP contribution >= 0.6 is 11.3 Å². The van der Waals surface area contributed by atoms with Crippen LogP contribution in [0.3, 0.4) is 0 Å². The number of nitrogens with one attached hydrogen (secondary N) is 1. The molecule has 0 atom stereocenters. The normalized spacial score (nSPS) is 10.2. The van der Waals surface area contributed by atoms with Crippen LogP contribution in [0.4, 0.5) is 10.1 Å². The van der Waals surface area contributed by atoms with Crippen molar-refractivity contribution in [2.45, 2.75) is 6.92 Å². The average molecular weight is 309 g/mol. The quantitative estimate of drug-likeness (QED) is 0.890. The number of rotatable bonds is 5. The number of hydrogen-bond donors (Lipinski definition) is 2. The molecule has 5 nitrogen and oxygen atoms in total. The molecule has 0 bridgehead atoms. The summed E-state index contributed by atoms with van der Waals surface area (Å²) in [6, 6.07) is 5.41. The van der Waals surface area contributed by atoms with E-state index in [4.69, 9.17) is 9.84 Å². The van der Waals surface area contributed by atoms with E-state index in [9.17, 15) is 14.0 Å². The fraction of sp³-hybridized carbons (Fsp3) is 0.143. The number of carboxylic acids is 1. The van der Waals surface area contributed by atoms with E-state index in [1.54, 1.807) is 12.3 Å². The molecule has 1 heterocycles. The molecule has 1 aromatic heterocycles. The van der Waals surface area contributed by atoms with Gasteiger partial charge in [-0.3, -0.25) is 4.79 Å². The first-order valence-corrected chi connectivity index (χ1v) is 6.85. The number of anilines is 1. The van der Waals surface area contributed by atoms with Gasteiger partial charge in [0.15, 0.2) is 6.61 Å². The Kier molecular flexibility index (Phi) is 4.54. The number of ether oxygens (including phenoxy) is 1. The highest BCUT2D eigenvalue weighted by molar-refractivity contribution is 7.12. The van der Waals surface area contributed by atoms with Crippen molar-refractivity contribution in [1.82, 2.24) is 0 Å². The minimum atomic E-state index is -1.10. The predicted molar refractivity (Wildman–Crippen MR) is 76.5 cm³/mol. The van der Waals surface area contributed by atoms with Crippen LogP contribution in [0.2, 0.25) is 0 Å². The van der Waals surface area contributed by atoms with E-state index < -0.39 is 17.7 Å². The van der Waals surface area contributed by atoms with Crippen molar-refractivity contribution in [1.29, 1.82) is 0 Å². The van der Waals surface area contributed by atoms with Crippen molar-refractivity contribution in [2.24, 2.45) is 0 Å². The van der Waals surface area contributed by atoms with E-state index in [1.165, 1.54) is 18.2 Å². The molecule has 1 aromatic carbocycles. The number of carbonyl (C=O) groups excluding carboxylic acids is 1. The maximum atomic E-state index is 12.9. The lowest BCUT2D eigenvalue weighted by molar-refractivity contribution is -0.118. The number of aryl methyl sites for hydroxylation is 1. The topological polar surface area (TPSA) is 75.6 Å². The summed E-state index contributed by atoms with van der Waals surface area (Å²) in [7, 11) is 0. The first-order valence-electron chi connectivity index (χ1n) is 5.97. The number of carboxylic acid groups (broad SMARTS) is 1. The second-order valence-electron chi connectivity index (χ2n) is 4.22. The van der Waals surface area contributed by atoms with Gasteiger partial charge < -0.3 is 15.2 Å². The third kappa shape index (κ3) is 3.79. The number of halogens is 1. The van der Waals surface area contributed by atoms with Crippen LogP contribution in [0.15, 0.2) is 29.6 Å². The molecule has 0 radical (unpaired) electrons. The van der Waals surface area contributed by atoms with Gasteiger partial charge >= 0.3 is 5.97 Å². The smallest absolute Gasteiger partial charge is 0.348 e. The SMILES string of the molecule is Cc1csc(C(=O)O)c1NC(=O)COc1cccc(F)c1. The lowest BCUT2D eigenvalue weighted by Gasteiger charge is -2.08. The van der Waals surface area contributed by atoms with Crippen molar-refractivity contribution < 1.29 is 23.8 Å². The van der Waals surface area contributed by atoms with Gasteiger partial charge in [-0.1, -0.05) is 6.07 Å². The van der Waals surface area contributed by atoms with Gasteiger partial charge in [0.2, 0.25) is 0 Å². The molecule has 0 aliphatic carbocycles. The number of amides is 1. The Hall–Kier alpha value is -2.41. The third-order valence-corrected chi connectivity index (χ3v) is 3.69. The van der Waals surface area contributed by atoms with Crippen LogP contribution < -0.4 is 10.1 Å². The summed E-state index contributed by atoms with van der Waals surface area (Å²) in [5.41, 5.74) is 0.928. The molecule has 0 saturated heterocycles. The van der Waals surface area contributed by atoms with E-state index in [2.05, 4.69) is 5.32 Å². The molecule has 7 heteroatoms. The van der Waals surface area contributed by atoms with Gasteiger partial charge in [-0.2, -0.15) is 0 Å². The molecule has 0 unspecified atom stereocenters. The fourth-order valence-corrected chi connectivity index (χ4v) is 2.48. The van der Waals surface area contributed by atoms with Crippen LogP contribution in [0.1, 0.15) is 15.2 Å². The third-order valence-electron chi connectivity index (χ3n) is 2.60. The minimum Gasteiger partial charge on any atom is -0.484 e. The molecule has 21 heavy (non-hydrogen) atoms. The van der Waals surface area contributed by atoms with Gasteiger partial charge in [-0.25, -0.2) is 9.18 Å². The molecule has 0 fully saturated rings. The molecule has 110 valence electrons. The van der Waals surface area contributed by atoms with Crippen molar-refractivity contribution in [3.05, 3.63) is 45.9 Å². The summed E-state index contributed by atoms with van der Waals surface area (Å²) in [5.74, 6) is -1.85. The van der Waals surface area contributed by atoms with E-state index >= 15 is 0 Å². The Balaban J connectivity index is 1.99. The second-order valence-corrected chi connectivity index (χ2v) is 5.10. The highest BCUT2D eigenvalue weighted by Gasteiger charge is 2.17. The van der Waals surface area contributed by atoms with Gasteiger partial charge in [-0.15, -0.1) is 11.3 Å². The van der Waals surface area contributed by atoms with Crippen molar-refractivity contribution in [3.63, 3.8) is 0 Å². The molecule has 0 saturated carbocycles. The summed E-state index contributed by atoms with van der Waals surface area (Å²) in [4.78, 5) is 22.9. The zero-order valence-corrected chi connectivity index (χ0v) is 11.9. The number of carbonyl (C=O) groups is 2. The zero-order chi connectivity index (χ0) is 15.4. The molecule has 0 aliphatic heterocycles. The highest BCUT2D eigenvalue weighted by Crippen LogP contribution is 2.27. The average Bonchev–Trinajstić information content (AvgIpc) is 2.78. The highest BCUT2D eigenvalue weighted by atomic mass is 32.1. The van der Waals surface area contributed by atoms with Gasteiger partial charge in [0, 0.05) is 6.07 Å². The second kappa shape index (κ2) is 6.36. The van der Waals surface area contributed by atoms with Crippen LogP contribution in [-0.4, -0.2) is 23.6 Å². The molecule has 0 aliphatic rings. The minimum absolute atomic E-state index is 0.0617. The Morgan fingerprint density at radius 1 is 1.43 bits per heavy atom. The fourth-order valence-electron chi connectivity index (χ4n) is 1.64. The molecule has 1 amide bonds. The number of hydrogen-bond acceptors (Lipinski definition) is 4. The van der Waals surface area contributed by atoms with Gasteiger partial charge in [-0.05, 0) is 30.0 Å². The van der Waals surface area contributed by atoms with E-state index in [1.807, 2.05) is 0 Å². The molecule has 0 spiro atoms. The lowest BCUT2D eigenvalue weighted by Crippen LogP contribution is -2.21. The maximum absolute atomic E-state index is 12.9. The first-order chi connectivity index (χ1) is 9.97. The number of thiophene rings is 1. The van der Waals surface area contributed by atoms with Crippen molar-refractivity contribution in [3.8, 4) is 5.75 Å². The molecule has 2 rings (SSSR count). The van der Waals surface area contributed by atoms with Gasteiger partial charge in [0.25, 0.3) is 5.91 Å². The summed E-state index contributed by atoms with van der Waals surface area (Å²) >= 11 is 1.04. The summed E-state index contributed by atoms with van der Waals surface area (Å²) in [6.07, 6.45) is 0. The molecular formula is C14H12FNO4S. The molecule has 2 N–H and O–H groups in total. The Morgan fingerprint density at radius 3 is 2.86 bits per heavy atom. The monoisotopic (exact) mass is 309 g/mol. The van der Waals surface area contributed by atoms with E-state index in [0.717, 1.165) is 17.4 Å². The van der Waals surface area contributed by atoms with Crippen molar-refractivity contribution >= 4 is 28.9 Å². The van der Waals surface area contributed by atoms with Gasteiger partial charge in [0.05, 0.1) is 5.69 Å². The summed E-state index contributed by atoms with van der Waals surface area (Å²) < 4.78 is 18.1. The van der Waals surface area contributed by atoms with Crippen LogP contribution in [0, 0.1) is 12.7 Å².